The predicted molar refractivity (Wildman–Crippen MR) is 87.0 cm³/mol. The number of hydrogen-bond donors (Lipinski definition) is 2. The van der Waals surface area contributed by atoms with E-state index < -0.39 is 22.1 Å². The van der Waals surface area contributed by atoms with E-state index in [9.17, 15) is 18.0 Å². The molecular formula is C15H19N3O5S. The van der Waals surface area contributed by atoms with Crippen LogP contribution in [0.4, 0.5) is 0 Å². The van der Waals surface area contributed by atoms with Gasteiger partial charge in [0, 0.05) is 12.1 Å². The van der Waals surface area contributed by atoms with Crippen LogP contribution in [-0.2, 0) is 24.3 Å². The molecule has 1 aromatic rings. The molecular weight excluding hydrogens is 334 g/mol. The average molecular weight is 353 g/mol. The quantitative estimate of drug-likeness (QED) is 0.708. The molecule has 0 saturated carbocycles. The highest BCUT2D eigenvalue weighted by molar-refractivity contribution is 7.90. The van der Waals surface area contributed by atoms with E-state index in [0.717, 1.165) is 0 Å². The second-order valence-electron chi connectivity index (χ2n) is 5.11. The van der Waals surface area contributed by atoms with Gasteiger partial charge in [-0.3, -0.25) is 19.3 Å². The highest BCUT2D eigenvalue weighted by Gasteiger charge is 2.30. The minimum absolute atomic E-state index is 0.0487. The summed E-state index contributed by atoms with van der Waals surface area (Å²) in [5.74, 6) is -0.739. The van der Waals surface area contributed by atoms with Crippen molar-refractivity contribution in [3.8, 4) is 0 Å². The number of carbonyl (C=O) groups excluding carboxylic acids is 2. The van der Waals surface area contributed by atoms with Crippen molar-refractivity contribution in [1.82, 2.24) is 10.0 Å². The zero-order chi connectivity index (χ0) is 17.7. The molecule has 0 aliphatic carbocycles. The third kappa shape index (κ3) is 4.10. The lowest BCUT2D eigenvalue weighted by Crippen LogP contribution is -2.35. The minimum Gasteiger partial charge on any atom is -0.452 e. The van der Waals surface area contributed by atoms with E-state index in [-0.39, 0.29) is 29.6 Å². The van der Waals surface area contributed by atoms with Crippen molar-refractivity contribution in [2.24, 2.45) is 4.99 Å². The van der Waals surface area contributed by atoms with Crippen LogP contribution in [0.25, 0.3) is 0 Å². The van der Waals surface area contributed by atoms with E-state index in [1.54, 1.807) is 25.1 Å². The molecule has 2 N–H and O–H groups in total. The molecule has 2 rings (SSSR count). The number of fused-ring (bicyclic) bond motifs is 1. The maximum absolute atomic E-state index is 11.9. The van der Waals surface area contributed by atoms with E-state index in [1.807, 2.05) is 0 Å². The maximum atomic E-state index is 11.9. The van der Waals surface area contributed by atoms with Gasteiger partial charge in [0.15, 0.2) is 6.10 Å². The molecule has 24 heavy (non-hydrogen) atoms. The number of esters is 1. The van der Waals surface area contributed by atoms with Crippen LogP contribution in [0.5, 0.6) is 0 Å². The fourth-order valence-electron chi connectivity index (χ4n) is 2.14. The Morgan fingerprint density at radius 2 is 2.04 bits per heavy atom. The van der Waals surface area contributed by atoms with E-state index in [2.05, 4.69) is 15.0 Å². The molecule has 1 aliphatic rings. The van der Waals surface area contributed by atoms with Crippen LogP contribution in [0.2, 0.25) is 0 Å². The smallest absolute Gasteiger partial charge is 0.308 e. The molecule has 1 heterocycles. The zero-order valence-corrected chi connectivity index (χ0v) is 14.2. The van der Waals surface area contributed by atoms with Gasteiger partial charge in [-0.2, -0.15) is 0 Å². The maximum Gasteiger partial charge on any atom is 0.308 e. The molecule has 0 bridgehead atoms. The lowest BCUT2D eigenvalue weighted by Gasteiger charge is -2.12. The molecule has 130 valence electrons. The van der Waals surface area contributed by atoms with Crippen molar-refractivity contribution in [1.29, 1.82) is 0 Å². The normalized spacial score (nSPS) is 17.7. The van der Waals surface area contributed by atoms with Gasteiger partial charge in [-0.1, -0.05) is 12.1 Å². The fourth-order valence-corrected chi connectivity index (χ4v) is 3.39. The van der Waals surface area contributed by atoms with Crippen molar-refractivity contribution in [2.45, 2.75) is 31.3 Å². The largest absolute Gasteiger partial charge is 0.452 e. The number of nitrogens with one attached hydrogen (secondary N) is 2. The van der Waals surface area contributed by atoms with Crippen molar-refractivity contribution in [3.63, 3.8) is 0 Å². The first-order valence-corrected chi connectivity index (χ1v) is 8.97. The molecule has 9 heteroatoms. The summed E-state index contributed by atoms with van der Waals surface area (Å²) in [6.07, 6.45) is -0.937. The van der Waals surface area contributed by atoms with Crippen LogP contribution in [0.3, 0.4) is 0 Å². The number of carbonyl (C=O) groups is 2. The van der Waals surface area contributed by atoms with E-state index >= 15 is 0 Å². The summed E-state index contributed by atoms with van der Waals surface area (Å²) in [6.45, 7) is 3.75. The van der Waals surface area contributed by atoms with Crippen LogP contribution in [-0.4, -0.2) is 45.3 Å². The fraction of sp³-hybridized carbons (Fsp3) is 0.400. The summed E-state index contributed by atoms with van der Waals surface area (Å²) in [6, 6.07) is 6.46. The molecule has 1 aliphatic heterocycles. The van der Waals surface area contributed by atoms with E-state index in [1.165, 1.54) is 13.0 Å². The molecule has 1 amide bonds. The molecule has 1 atom stereocenters. The van der Waals surface area contributed by atoms with Crippen molar-refractivity contribution in [2.75, 3.05) is 13.1 Å². The molecule has 0 unspecified atom stereocenters. The molecule has 0 aromatic heterocycles. The number of nitrogens with zero attached hydrogens (tertiary/aromatic N) is 1. The van der Waals surface area contributed by atoms with Crippen molar-refractivity contribution in [3.05, 3.63) is 29.8 Å². The minimum atomic E-state index is -3.59. The van der Waals surface area contributed by atoms with Gasteiger partial charge in [-0.15, -0.1) is 0 Å². The van der Waals surface area contributed by atoms with Gasteiger partial charge in [-0.05, 0) is 26.0 Å². The number of amidine groups is 1. The number of likely N-dealkylation sites (N-methyl/N-ethyl adjacent to an activating group) is 1. The first kappa shape index (κ1) is 17.9. The highest BCUT2D eigenvalue weighted by Crippen LogP contribution is 2.22. The van der Waals surface area contributed by atoms with E-state index in [4.69, 9.17) is 4.74 Å². The third-order valence-corrected chi connectivity index (χ3v) is 4.67. The Kier molecular flexibility index (Phi) is 5.55. The molecule has 0 radical (unpaired) electrons. The number of sulfonamides is 1. The van der Waals surface area contributed by atoms with Crippen LogP contribution in [0, 0.1) is 0 Å². The molecule has 1 aromatic carbocycles. The van der Waals surface area contributed by atoms with Gasteiger partial charge in [0.25, 0.3) is 15.9 Å². The lowest BCUT2D eigenvalue weighted by molar-refractivity contribution is -0.154. The van der Waals surface area contributed by atoms with Gasteiger partial charge in [0.05, 0.1) is 17.9 Å². The van der Waals surface area contributed by atoms with Crippen LogP contribution >= 0.6 is 0 Å². The molecule has 8 nitrogen and oxygen atoms in total. The van der Waals surface area contributed by atoms with Crippen molar-refractivity contribution < 1.29 is 22.7 Å². The van der Waals surface area contributed by atoms with Gasteiger partial charge in [0.1, 0.15) is 5.84 Å². The Morgan fingerprint density at radius 3 is 2.75 bits per heavy atom. The molecule has 0 saturated heterocycles. The third-order valence-electron chi connectivity index (χ3n) is 3.28. The topological polar surface area (TPSA) is 114 Å². The number of ether oxygens (including phenoxy) is 1. The summed E-state index contributed by atoms with van der Waals surface area (Å²) in [4.78, 5) is 27.5. The Morgan fingerprint density at radius 1 is 1.33 bits per heavy atom. The van der Waals surface area contributed by atoms with Crippen LogP contribution < -0.4 is 10.0 Å². The second kappa shape index (κ2) is 7.43. The number of hydrogen-bond acceptors (Lipinski definition) is 6. The van der Waals surface area contributed by atoms with E-state index in [0.29, 0.717) is 12.1 Å². The van der Waals surface area contributed by atoms with Gasteiger partial charge in [0.2, 0.25) is 0 Å². The zero-order valence-electron chi connectivity index (χ0n) is 13.4. The predicted octanol–water partition coefficient (Wildman–Crippen LogP) is 0.183. The summed E-state index contributed by atoms with van der Waals surface area (Å²) < 4.78 is 31.2. The highest BCUT2D eigenvalue weighted by atomic mass is 32.2. The Hall–Kier alpha value is -2.42. The van der Waals surface area contributed by atoms with Gasteiger partial charge in [-0.25, -0.2) is 8.42 Å². The monoisotopic (exact) mass is 353 g/mol. The SMILES string of the molecule is CCNC(=O)[C@@H](C)OC(=O)CCN=C1NS(=O)(=O)c2ccccc21. The average Bonchev–Trinajstić information content (AvgIpc) is 2.79. The van der Waals surface area contributed by atoms with Gasteiger partial charge >= 0.3 is 5.97 Å². The number of rotatable bonds is 6. The first-order valence-electron chi connectivity index (χ1n) is 7.49. The molecule has 0 spiro atoms. The Labute approximate surface area is 140 Å². The van der Waals surface area contributed by atoms with Crippen LogP contribution in [0.15, 0.2) is 34.2 Å². The van der Waals surface area contributed by atoms with Gasteiger partial charge < -0.3 is 10.1 Å². The van der Waals surface area contributed by atoms with Crippen molar-refractivity contribution >= 4 is 27.7 Å². The number of benzene rings is 1. The number of amides is 1. The number of aliphatic imine (C=N–C) groups is 1. The Balaban J connectivity index is 1.94. The second-order valence-corrected chi connectivity index (χ2v) is 6.76. The Bertz CT molecular complexity index is 773. The summed E-state index contributed by atoms with van der Waals surface area (Å²) in [5.41, 5.74) is 0.474. The first-order chi connectivity index (χ1) is 11.3. The summed E-state index contributed by atoms with van der Waals surface area (Å²) in [5, 5.41) is 2.55. The lowest BCUT2D eigenvalue weighted by atomic mass is 10.2. The summed E-state index contributed by atoms with van der Waals surface area (Å²) >= 11 is 0. The molecule has 0 fully saturated rings. The van der Waals surface area contributed by atoms with Crippen LogP contribution in [0.1, 0.15) is 25.8 Å². The standard InChI is InChI=1S/C15H19N3O5S/c1-3-16-15(20)10(2)23-13(19)8-9-17-14-11-6-4-5-7-12(11)24(21,22)18-14/h4-7,10H,3,8-9H2,1-2H3,(H,16,20)(H,17,18)/t10-/m1/s1. The summed E-state index contributed by atoms with van der Waals surface area (Å²) in [7, 11) is -3.59.